The van der Waals surface area contributed by atoms with E-state index in [-0.39, 0.29) is 45.7 Å². The van der Waals surface area contributed by atoms with Crippen molar-refractivity contribution in [3.63, 3.8) is 0 Å². The van der Waals surface area contributed by atoms with Gasteiger partial charge in [0.05, 0.1) is 22.0 Å². The van der Waals surface area contributed by atoms with Crippen molar-refractivity contribution in [2.24, 2.45) is 5.41 Å². The molecule has 0 atom stereocenters. The number of carbonyl (C=O) groups excluding carboxylic acids is 3. The average Bonchev–Trinajstić information content (AvgIpc) is 3.38. The zero-order chi connectivity index (χ0) is 37.7. The minimum atomic E-state index is -1.09. The molecule has 0 unspecified atom stereocenters. The van der Waals surface area contributed by atoms with Gasteiger partial charge in [-0.05, 0) is 74.2 Å². The van der Waals surface area contributed by atoms with Crippen LogP contribution in [0.1, 0.15) is 54.4 Å². The summed E-state index contributed by atoms with van der Waals surface area (Å²) in [6.45, 7) is 5.15. The Morgan fingerprint density at radius 3 is 2.43 bits per heavy atom. The van der Waals surface area contributed by atoms with E-state index in [2.05, 4.69) is 20.5 Å². The van der Waals surface area contributed by atoms with Crippen LogP contribution in [0.3, 0.4) is 0 Å². The SMILES string of the molecule is Cc1cnc(N2CC3(CCOCC3)C2)c(C(=O)Nc2ccc(C(=O)N3CCc4c(sc(C(=O)Nc5c(F)cc(F)cc5Cl)c4F)-c4ccccc43)cc2)c1. The maximum Gasteiger partial charge on any atom is 0.268 e. The molecule has 3 aliphatic rings. The Balaban J connectivity index is 0.990. The number of ether oxygens (including phenoxy) is 1. The third kappa shape index (κ3) is 6.60. The van der Waals surface area contributed by atoms with Crippen LogP contribution in [0, 0.1) is 29.8 Å². The molecule has 8 rings (SSSR count). The second kappa shape index (κ2) is 14.2. The van der Waals surface area contributed by atoms with Gasteiger partial charge in [-0.25, -0.2) is 18.2 Å². The van der Waals surface area contributed by atoms with Crippen molar-refractivity contribution >= 4 is 63.5 Å². The summed E-state index contributed by atoms with van der Waals surface area (Å²) in [4.78, 5) is 49.2. The molecule has 0 bridgehead atoms. The zero-order valence-corrected chi connectivity index (χ0v) is 30.6. The number of fused-ring (bicyclic) bond motifs is 3. The predicted octanol–water partition coefficient (Wildman–Crippen LogP) is 8.51. The van der Waals surface area contributed by atoms with Crippen molar-refractivity contribution in [2.75, 3.05) is 53.3 Å². The van der Waals surface area contributed by atoms with Crippen LogP contribution in [-0.2, 0) is 11.2 Å². The number of aryl methyl sites for hydroxylation is 1. The first-order valence-corrected chi connectivity index (χ1v) is 18.6. The third-order valence-corrected chi connectivity index (χ3v) is 11.7. The van der Waals surface area contributed by atoms with E-state index in [9.17, 15) is 23.2 Å². The quantitative estimate of drug-likeness (QED) is 0.180. The maximum atomic E-state index is 15.9. The summed E-state index contributed by atoms with van der Waals surface area (Å²) >= 11 is 6.82. The largest absolute Gasteiger partial charge is 0.381 e. The van der Waals surface area contributed by atoms with Crippen LogP contribution >= 0.6 is 22.9 Å². The highest BCUT2D eigenvalue weighted by molar-refractivity contribution is 7.17. The van der Waals surface area contributed by atoms with Gasteiger partial charge in [0.15, 0.2) is 11.6 Å². The number of pyridine rings is 1. The van der Waals surface area contributed by atoms with E-state index in [1.165, 1.54) is 0 Å². The third-order valence-electron chi connectivity index (χ3n) is 10.2. The van der Waals surface area contributed by atoms with Gasteiger partial charge in [-0.1, -0.05) is 29.8 Å². The molecule has 0 radical (unpaired) electrons. The number of hydrogen-bond acceptors (Lipinski definition) is 7. The van der Waals surface area contributed by atoms with Gasteiger partial charge >= 0.3 is 0 Å². The van der Waals surface area contributed by atoms with Gasteiger partial charge in [-0.15, -0.1) is 11.3 Å². The number of amides is 3. The lowest BCUT2D eigenvalue weighted by atomic mass is 9.73. The number of nitrogens with one attached hydrogen (secondary N) is 2. The highest BCUT2D eigenvalue weighted by Gasteiger charge is 2.45. The Kier molecular flexibility index (Phi) is 9.41. The molecule has 2 aromatic heterocycles. The standard InChI is InChI=1S/C40H33ClF3N5O4S/c1-22-16-28(36(45-19-22)48-20-40(21-48)11-14-53-15-12-40)37(50)46-25-8-6-23(7-9-25)39(52)49-13-10-27-32(44)35(54-34(27)26-4-2-3-5-31(26)49)38(51)47-33-29(41)17-24(42)18-30(33)43/h2-9,16-19H,10-15,20-21H2,1H3,(H,46,50)(H,47,51). The molecule has 3 amide bonds. The van der Waals surface area contributed by atoms with E-state index in [4.69, 9.17) is 16.3 Å². The van der Waals surface area contributed by atoms with Gasteiger partial charge in [0.25, 0.3) is 17.7 Å². The summed E-state index contributed by atoms with van der Waals surface area (Å²) in [5.74, 6) is -3.73. The number of benzene rings is 3. The lowest BCUT2D eigenvalue weighted by Crippen LogP contribution is -2.59. The topological polar surface area (TPSA) is 104 Å². The Morgan fingerprint density at radius 2 is 1.69 bits per heavy atom. The first kappa shape index (κ1) is 35.8. The highest BCUT2D eigenvalue weighted by atomic mass is 35.5. The molecule has 54 heavy (non-hydrogen) atoms. The van der Waals surface area contributed by atoms with Gasteiger partial charge in [0.2, 0.25) is 0 Å². The maximum absolute atomic E-state index is 15.9. The second-order valence-electron chi connectivity index (χ2n) is 13.9. The Bertz CT molecular complexity index is 2300. The van der Waals surface area contributed by atoms with E-state index in [1.54, 1.807) is 59.6 Å². The summed E-state index contributed by atoms with van der Waals surface area (Å²) in [7, 11) is 0. The van der Waals surface area contributed by atoms with Gasteiger partial charge < -0.3 is 25.2 Å². The number of anilines is 4. The van der Waals surface area contributed by atoms with Crippen LogP contribution in [0.5, 0.6) is 0 Å². The fraction of sp³-hybridized carbons (Fsp3) is 0.250. The number of rotatable bonds is 6. The Labute approximate surface area is 317 Å². The van der Waals surface area contributed by atoms with Crippen molar-refractivity contribution in [1.29, 1.82) is 0 Å². The number of halogens is 4. The minimum absolute atomic E-state index is 0.0873. The first-order valence-electron chi connectivity index (χ1n) is 17.4. The molecule has 5 aromatic rings. The molecule has 3 aliphatic heterocycles. The van der Waals surface area contributed by atoms with Gasteiger partial charge in [0.1, 0.15) is 16.5 Å². The van der Waals surface area contributed by atoms with Gasteiger partial charge in [0, 0.05) is 77.8 Å². The zero-order valence-electron chi connectivity index (χ0n) is 29.0. The molecule has 2 saturated heterocycles. The normalized spacial score (nSPS) is 15.9. The number of para-hydroxylation sites is 1. The molecular weight excluding hydrogens is 739 g/mol. The van der Waals surface area contributed by atoms with Crippen LogP contribution in [0.25, 0.3) is 10.4 Å². The summed E-state index contributed by atoms with van der Waals surface area (Å²) < 4.78 is 49.4. The lowest BCUT2D eigenvalue weighted by Gasteiger charge is -2.53. The second-order valence-corrected chi connectivity index (χ2v) is 15.3. The number of nitrogens with zero attached hydrogens (tertiary/aromatic N) is 3. The summed E-state index contributed by atoms with van der Waals surface area (Å²) in [5, 5.41) is 4.86. The lowest BCUT2D eigenvalue weighted by molar-refractivity contribution is -0.000511. The molecule has 276 valence electrons. The fourth-order valence-corrected chi connectivity index (χ4v) is 8.79. The van der Waals surface area contributed by atoms with Crippen LogP contribution in [0.2, 0.25) is 5.02 Å². The smallest absolute Gasteiger partial charge is 0.268 e. The van der Waals surface area contributed by atoms with Crippen LogP contribution in [0.15, 0.2) is 72.9 Å². The average molecular weight is 772 g/mol. The van der Waals surface area contributed by atoms with E-state index in [0.717, 1.165) is 62.1 Å². The number of hydrogen-bond donors (Lipinski definition) is 2. The van der Waals surface area contributed by atoms with Crippen molar-refractivity contribution in [1.82, 2.24) is 4.98 Å². The predicted molar refractivity (Wildman–Crippen MR) is 202 cm³/mol. The van der Waals surface area contributed by atoms with Crippen molar-refractivity contribution in [3.05, 3.63) is 123 Å². The van der Waals surface area contributed by atoms with E-state index >= 15 is 4.39 Å². The fourth-order valence-electron chi connectivity index (χ4n) is 7.39. The molecule has 0 aliphatic carbocycles. The summed E-state index contributed by atoms with van der Waals surface area (Å²) in [5.41, 5.74) is 3.25. The van der Waals surface area contributed by atoms with Crippen molar-refractivity contribution in [2.45, 2.75) is 26.2 Å². The van der Waals surface area contributed by atoms with Crippen LogP contribution in [0.4, 0.5) is 36.1 Å². The van der Waals surface area contributed by atoms with Gasteiger partial charge in [-0.2, -0.15) is 0 Å². The van der Waals surface area contributed by atoms with Gasteiger partial charge in [-0.3, -0.25) is 14.4 Å². The van der Waals surface area contributed by atoms with Crippen LogP contribution in [-0.4, -0.2) is 55.6 Å². The summed E-state index contributed by atoms with van der Waals surface area (Å²) in [6, 6.07) is 16.8. The number of thiophene rings is 1. The van der Waals surface area contributed by atoms with Crippen LogP contribution < -0.4 is 20.4 Å². The highest BCUT2D eigenvalue weighted by Crippen LogP contribution is 2.45. The molecule has 14 heteroatoms. The molecule has 1 spiro atoms. The Hall–Kier alpha value is -5.24. The Morgan fingerprint density at radius 1 is 0.944 bits per heavy atom. The first-order chi connectivity index (χ1) is 26.0. The molecule has 0 saturated carbocycles. The molecule has 5 heterocycles. The monoisotopic (exact) mass is 771 g/mol. The van der Waals surface area contributed by atoms with E-state index in [1.807, 2.05) is 13.0 Å². The molecular formula is C40H33ClF3N5O4S. The molecule has 2 fully saturated rings. The van der Waals surface area contributed by atoms with Crippen molar-refractivity contribution in [3.8, 4) is 10.4 Å². The summed E-state index contributed by atoms with van der Waals surface area (Å²) in [6.07, 6.45) is 3.84. The van der Waals surface area contributed by atoms with Crippen molar-refractivity contribution < 1.29 is 32.3 Å². The minimum Gasteiger partial charge on any atom is -0.381 e. The van der Waals surface area contributed by atoms with E-state index < -0.39 is 29.0 Å². The van der Waals surface area contributed by atoms with E-state index in [0.29, 0.717) is 44.8 Å². The molecule has 9 nitrogen and oxygen atoms in total. The number of carbonyl (C=O) groups is 3. The number of aromatic nitrogens is 1. The molecule has 3 aromatic carbocycles. The molecule has 2 N–H and O–H groups in total.